The van der Waals surface area contributed by atoms with Gasteiger partial charge in [0, 0.05) is 18.7 Å². The van der Waals surface area contributed by atoms with E-state index in [-0.39, 0.29) is 11.9 Å². The van der Waals surface area contributed by atoms with Gasteiger partial charge in [-0.05, 0) is 38.5 Å². The molecule has 0 unspecified atom stereocenters. The SMILES string of the molecule is CSc1sc(-c2nnc(SCC(=O)NC(C)C)n2C)c2c1C=CCC2. The summed E-state index contributed by atoms with van der Waals surface area (Å²) in [5.74, 6) is 1.27. The van der Waals surface area contributed by atoms with Crippen molar-refractivity contribution in [2.75, 3.05) is 12.0 Å². The van der Waals surface area contributed by atoms with Gasteiger partial charge in [-0.2, -0.15) is 0 Å². The highest BCUT2D eigenvalue weighted by atomic mass is 32.2. The summed E-state index contributed by atoms with van der Waals surface area (Å²) in [6, 6.07) is 0.152. The fourth-order valence-corrected chi connectivity index (χ4v) is 5.57. The number of thiophene rings is 1. The van der Waals surface area contributed by atoms with Crippen LogP contribution in [0.1, 0.15) is 31.4 Å². The monoisotopic (exact) mass is 394 g/mol. The third-order valence-corrected chi connectivity index (χ3v) is 7.26. The molecule has 25 heavy (non-hydrogen) atoms. The molecular formula is C17H22N4OS3. The summed E-state index contributed by atoms with van der Waals surface area (Å²) in [7, 11) is 1.97. The van der Waals surface area contributed by atoms with Crippen molar-refractivity contribution in [3.63, 3.8) is 0 Å². The number of carbonyl (C=O) groups excluding carboxylic acids is 1. The van der Waals surface area contributed by atoms with Crippen LogP contribution in [0.3, 0.4) is 0 Å². The Hall–Kier alpha value is -1.25. The highest BCUT2D eigenvalue weighted by Gasteiger charge is 2.23. The second-order valence-electron chi connectivity index (χ2n) is 6.13. The lowest BCUT2D eigenvalue weighted by atomic mass is 10.00. The molecule has 1 aliphatic rings. The summed E-state index contributed by atoms with van der Waals surface area (Å²) in [5.41, 5.74) is 2.72. The summed E-state index contributed by atoms with van der Waals surface area (Å²) >= 11 is 5.00. The predicted molar refractivity (Wildman–Crippen MR) is 107 cm³/mol. The molecule has 134 valence electrons. The first-order chi connectivity index (χ1) is 12.0. The Labute approximate surface area is 160 Å². The van der Waals surface area contributed by atoms with Gasteiger partial charge < -0.3 is 9.88 Å². The molecule has 0 radical (unpaired) electrons. The lowest BCUT2D eigenvalue weighted by molar-refractivity contribution is -0.119. The Kier molecular flexibility index (Phi) is 5.91. The third-order valence-electron chi connectivity index (χ3n) is 3.86. The second kappa shape index (κ2) is 7.97. The summed E-state index contributed by atoms with van der Waals surface area (Å²) in [6.07, 6.45) is 8.70. The number of rotatable bonds is 6. The molecule has 1 aliphatic carbocycles. The van der Waals surface area contributed by atoms with Gasteiger partial charge in [-0.15, -0.1) is 33.3 Å². The highest BCUT2D eigenvalue weighted by Crippen LogP contribution is 2.43. The lowest BCUT2D eigenvalue weighted by Gasteiger charge is -2.09. The number of nitrogens with one attached hydrogen (secondary N) is 1. The number of nitrogens with zero attached hydrogens (tertiary/aromatic N) is 3. The number of hydrogen-bond acceptors (Lipinski definition) is 6. The molecule has 1 N–H and O–H groups in total. The van der Waals surface area contributed by atoms with Crippen molar-refractivity contribution < 1.29 is 4.79 Å². The number of amides is 1. The normalized spacial score (nSPS) is 13.3. The van der Waals surface area contributed by atoms with Gasteiger partial charge in [0.1, 0.15) is 0 Å². The minimum absolute atomic E-state index is 0.0212. The molecule has 5 nitrogen and oxygen atoms in total. The van der Waals surface area contributed by atoms with Gasteiger partial charge in [-0.25, -0.2) is 0 Å². The minimum Gasteiger partial charge on any atom is -0.353 e. The topological polar surface area (TPSA) is 59.8 Å². The number of hydrogen-bond donors (Lipinski definition) is 1. The first-order valence-electron chi connectivity index (χ1n) is 8.19. The standard InChI is InChI=1S/C17H22N4OS3/c1-10(2)18-13(22)9-24-17-20-19-15(21(17)3)14-11-7-5-6-8-12(11)16(23-4)25-14/h6,8,10H,5,7,9H2,1-4H3,(H,18,22). The summed E-state index contributed by atoms with van der Waals surface area (Å²) in [6.45, 7) is 3.92. The smallest absolute Gasteiger partial charge is 0.230 e. The Morgan fingerprint density at radius 3 is 2.96 bits per heavy atom. The van der Waals surface area contributed by atoms with E-state index in [1.54, 1.807) is 23.1 Å². The number of fused-ring (bicyclic) bond motifs is 1. The van der Waals surface area contributed by atoms with Crippen LogP contribution >= 0.6 is 34.9 Å². The van der Waals surface area contributed by atoms with Gasteiger partial charge >= 0.3 is 0 Å². The number of aromatic nitrogens is 3. The molecular weight excluding hydrogens is 372 g/mol. The number of carbonyl (C=O) groups is 1. The van der Waals surface area contributed by atoms with E-state index in [2.05, 4.69) is 33.9 Å². The zero-order chi connectivity index (χ0) is 18.0. The number of thioether (sulfide) groups is 2. The molecule has 0 saturated heterocycles. The lowest BCUT2D eigenvalue weighted by Crippen LogP contribution is -2.31. The zero-order valence-corrected chi connectivity index (χ0v) is 17.3. The van der Waals surface area contributed by atoms with Crippen molar-refractivity contribution >= 4 is 46.8 Å². The Morgan fingerprint density at radius 1 is 1.44 bits per heavy atom. The van der Waals surface area contributed by atoms with Crippen LogP contribution in [0.25, 0.3) is 16.8 Å². The van der Waals surface area contributed by atoms with E-state index in [0.717, 1.165) is 23.8 Å². The largest absolute Gasteiger partial charge is 0.353 e. The molecule has 0 aromatic carbocycles. The van der Waals surface area contributed by atoms with Crippen LogP contribution in [0.15, 0.2) is 15.4 Å². The average molecular weight is 395 g/mol. The van der Waals surface area contributed by atoms with Crippen LogP contribution in [0, 0.1) is 0 Å². The molecule has 0 spiro atoms. The molecule has 0 bridgehead atoms. The summed E-state index contributed by atoms with van der Waals surface area (Å²) < 4.78 is 3.33. The molecule has 2 heterocycles. The maximum atomic E-state index is 11.9. The molecule has 0 atom stereocenters. The van der Waals surface area contributed by atoms with Crippen LogP contribution in [-0.4, -0.2) is 38.7 Å². The van der Waals surface area contributed by atoms with Gasteiger partial charge in [0.15, 0.2) is 11.0 Å². The highest BCUT2D eigenvalue weighted by molar-refractivity contribution is 8.00. The van der Waals surface area contributed by atoms with Crippen LogP contribution in [-0.2, 0) is 18.3 Å². The molecule has 1 amide bonds. The van der Waals surface area contributed by atoms with E-state index in [9.17, 15) is 4.79 Å². The van der Waals surface area contributed by atoms with Crippen molar-refractivity contribution in [2.24, 2.45) is 7.05 Å². The average Bonchev–Trinajstić information content (AvgIpc) is 3.13. The first-order valence-corrected chi connectivity index (χ1v) is 11.2. The molecule has 2 aromatic rings. The van der Waals surface area contributed by atoms with Crippen molar-refractivity contribution in [1.29, 1.82) is 0 Å². The van der Waals surface area contributed by atoms with E-state index >= 15 is 0 Å². The van der Waals surface area contributed by atoms with Crippen molar-refractivity contribution in [3.05, 3.63) is 17.2 Å². The van der Waals surface area contributed by atoms with E-state index < -0.39 is 0 Å². The van der Waals surface area contributed by atoms with Gasteiger partial charge in [-0.3, -0.25) is 4.79 Å². The van der Waals surface area contributed by atoms with E-state index in [1.807, 2.05) is 25.5 Å². The molecule has 0 saturated carbocycles. The van der Waals surface area contributed by atoms with E-state index in [4.69, 9.17) is 0 Å². The van der Waals surface area contributed by atoms with Gasteiger partial charge in [-0.1, -0.05) is 23.9 Å². The van der Waals surface area contributed by atoms with Crippen LogP contribution in [0.4, 0.5) is 0 Å². The van der Waals surface area contributed by atoms with Crippen LogP contribution in [0.2, 0.25) is 0 Å². The van der Waals surface area contributed by atoms with E-state index in [1.165, 1.54) is 32.0 Å². The summed E-state index contributed by atoms with van der Waals surface area (Å²) in [4.78, 5) is 13.1. The molecule has 3 rings (SSSR count). The first kappa shape index (κ1) is 18.5. The fourth-order valence-electron chi connectivity index (χ4n) is 2.76. The molecule has 2 aromatic heterocycles. The molecule has 0 aliphatic heterocycles. The number of allylic oxidation sites excluding steroid dienone is 1. The Balaban J connectivity index is 1.83. The fraction of sp³-hybridized carbons (Fsp3) is 0.471. The molecule has 8 heteroatoms. The quantitative estimate of drug-likeness (QED) is 0.754. The van der Waals surface area contributed by atoms with Gasteiger partial charge in [0.2, 0.25) is 5.91 Å². The Bertz CT molecular complexity index is 807. The van der Waals surface area contributed by atoms with Crippen LogP contribution < -0.4 is 5.32 Å². The van der Waals surface area contributed by atoms with Gasteiger partial charge in [0.05, 0.1) is 14.8 Å². The van der Waals surface area contributed by atoms with Crippen LogP contribution in [0.5, 0.6) is 0 Å². The maximum Gasteiger partial charge on any atom is 0.230 e. The van der Waals surface area contributed by atoms with E-state index in [0.29, 0.717) is 5.75 Å². The zero-order valence-electron chi connectivity index (χ0n) is 14.8. The van der Waals surface area contributed by atoms with Crippen molar-refractivity contribution in [2.45, 2.75) is 42.1 Å². The van der Waals surface area contributed by atoms with Gasteiger partial charge in [0.25, 0.3) is 0 Å². The minimum atomic E-state index is 0.0212. The molecule has 0 fully saturated rings. The third kappa shape index (κ3) is 3.96. The van der Waals surface area contributed by atoms with Crippen molar-refractivity contribution in [3.8, 4) is 10.7 Å². The predicted octanol–water partition coefficient (Wildman–Crippen LogP) is 3.84. The maximum absolute atomic E-state index is 11.9. The Morgan fingerprint density at radius 2 is 2.24 bits per heavy atom. The van der Waals surface area contributed by atoms with Crippen molar-refractivity contribution in [1.82, 2.24) is 20.1 Å². The summed E-state index contributed by atoms with van der Waals surface area (Å²) in [5, 5.41) is 12.4. The second-order valence-corrected chi connectivity index (χ2v) is 9.17.